The number of thioether (sulfide) groups is 1. The molecule has 2 aliphatic carbocycles. The van der Waals surface area contributed by atoms with Gasteiger partial charge in [0.2, 0.25) is 0 Å². The maximum atomic E-state index is 2.32. The molecule has 3 aromatic carbocycles. The van der Waals surface area contributed by atoms with E-state index < -0.39 is 0 Å². The van der Waals surface area contributed by atoms with Crippen molar-refractivity contribution in [2.24, 2.45) is 0 Å². The first-order valence-electron chi connectivity index (χ1n) is 8.52. The van der Waals surface area contributed by atoms with Crippen molar-refractivity contribution >= 4 is 17.3 Å². The summed E-state index contributed by atoms with van der Waals surface area (Å²) < 4.78 is 0. The van der Waals surface area contributed by atoms with E-state index in [-0.39, 0.29) is 5.41 Å². The molecular weight excluding hydrogens is 308 g/mol. The summed E-state index contributed by atoms with van der Waals surface area (Å²) in [5.74, 6) is 1.11. The molecule has 0 aliphatic heterocycles. The van der Waals surface area contributed by atoms with Crippen LogP contribution in [0, 0.1) is 0 Å². The van der Waals surface area contributed by atoms with E-state index >= 15 is 0 Å². The molecule has 1 heteroatoms. The predicted molar refractivity (Wildman–Crippen MR) is 104 cm³/mol. The molecule has 0 amide bonds. The lowest BCUT2D eigenvalue weighted by Gasteiger charge is -2.17. The lowest BCUT2D eigenvalue weighted by molar-refractivity contribution is 0.974. The Hall–Kier alpha value is -2.25. The summed E-state index contributed by atoms with van der Waals surface area (Å²) in [6.07, 6.45) is 0. The Morgan fingerprint density at radius 2 is 1.25 bits per heavy atom. The summed E-state index contributed by atoms with van der Waals surface area (Å²) in [5, 5.41) is 0. The maximum absolute atomic E-state index is 2.32. The van der Waals surface area contributed by atoms with Crippen LogP contribution < -0.4 is 0 Å². The van der Waals surface area contributed by atoms with E-state index in [9.17, 15) is 0 Å². The number of hydrogen-bond donors (Lipinski definition) is 0. The van der Waals surface area contributed by atoms with Gasteiger partial charge in [-0.15, -0.1) is 11.8 Å². The zero-order valence-corrected chi connectivity index (χ0v) is 14.4. The van der Waals surface area contributed by atoms with Gasteiger partial charge in [-0.3, -0.25) is 0 Å². The molecule has 0 N–H and O–H groups in total. The van der Waals surface area contributed by atoms with Crippen LogP contribution >= 0.6 is 11.8 Å². The van der Waals surface area contributed by atoms with Crippen molar-refractivity contribution in [1.82, 2.24) is 0 Å². The molecule has 0 atom stereocenters. The van der Waals surface area contributed by atoms with Crippen molar-refractivity contribution in [2.45, 2.75) is 12.3 Å². The van der Waals surface area contributed by atoms with Gasteiger partial charge in [0.05, 0.1) is 5.41 Å². The summed E-state index contributed by atoms with van der Waals surface area (Å²) in [6.45, 7) is 2.25. The minimum absolute atomic E-state index is 0.00475. The third-order valence-electron chi connectivity index (χ3n) is 5.18. The van der Waals surface area contributed by atoms with Crippen LogP contribution in [0.25, 0.3) is 16.7 Å². The Labute approximate surface area is 147 Å². The Bertz CT molecular complexity index is 921. The average Bonchev–Trinajstić information content (AvgIpc) is 3.22. The molecule has 116 valence electrons. The van der Waals surface area contributed by atoms with Gasteiger partial charge in [0.1, 0.15) is 0 Å². The van der Waals surface area contributed by atoms with Crippen molar-refractivity contribution in [2.75, 3.05) is 5.75 Å². The van der Waals surface area contributed by atoms with E-state index in [4.69, 9.17) is 0 Å². The third kappa shape index (κ3) is 1.66. The summed E-state index contributed by atoms with van der Waals surface area (Å²) in [4.78, 5) is 1.54. The number of hydrogen-bond acceptors (Lipinski definition) is 1. The minimum atomic E-state index is -0.00475. The summed E-state index contributed by atoms with van der Waals surface area (Å²) in [7, 11) is 0. The molecule has 0 fully saturated rings. The molecule has 0 heterocycles. The minimum Gasteiger partial charge on any atom is -0.129 e. The maximum Gasteiger partial charge on any atom is 0.0790 e. The second-order valence-corrected chi connectivity index (χ2v) is 7.62. The molecule has 0 radical (unpaired) electrons. The number of rotatable bonds is 3. The molecule has 3 aromatic rings. The van der Waals surface area contributed by atoms with Crippen molar-refractivity contribution in [3.8, 4) is 11.1 Å². The van der Waals surface area contributed by atoms with E-state index in [1.807, 2.05) is 11.8 Å². The molecule has 0 unspecified atom stereocenters. The van der Waals surface area contributed by atoms with Crippen LogP contribution in [0.3, 0.4) is 0 Å². The van der Waals surface area contributed by atoms with Crippen molar-refractivity contribution < 1.29 is 0 Å². The van der Waals surface area contributed by atoms with Crippen LogP contribution in [-0.4, -0.2) is 5.75 Å². The molecule has 24 heavy (non-hydrogen) atoms. The van der Waals surface area contributed by atoms with E-state index in [0.29, 0.717) is 0 Å². The van der Waals surface area contributed by atoms with Crippen LogP contribution in [0.1, 0.15) is 23.6 Å². The van der Waals surface area contributed by atoms with Crippen LogP contribution in [0.5, 0.6) is 0 Å². The van der Waals surface area contributed by atoms with Gasteiger partial charge in [-0.2, -0.15) is 0 Å². The highest BCUT2D eigenvalue weighted by Crippen LogP contribution is 2.72. The molecule has 2 aliphatic rings. The average molecular weight is 326 g/mol. The quantitative estimate of drug-likeness (QED) is 0.558. The summed E-state index contributed by atoms with van der Waals surface area (Å²) in [6, 6.07) is 28.8. The van der Waals surface area contributed by atoms with E-state index in [2.05, 4.69) is 85.8 Å². The number of fused-ring (bicyclic) bond motifs is 5. The van der Waals surface area contributed by atoms with Crippen molar-refractivity contribution in [1.29, 1.82) is 0 Å². The molecule has 0 saturated heterocycles. The number of allylic oxidation sites excluding steroid dienone is 2. The highest BCUT2D eigenvalue weighted by atomic mass is 32.2. The highest BCUT2D eigenvalue weighted by Gasteiger charge is 2.60. The Kier molecular flexibility index (Phi) is 3.01. The van der Waals surface area contributed by atoms with Gasteiger partial charge in [-0.1, -0.05) is 85.8 Å². The lowest BCUT2D eigenvalue weighted by Crippen LogP contribution is -2.11. The van der Waals surface area contributed by atoms with Gasteiger partial charge in [-0.05, 0) is 39.1 Å². The summed E-state index contributed by atoms with van der Waals surface area (Å²) in [5.41, 5.74) is 8.57. The van der Waals surface area contributed by atoms with Crippen LogP contribution in [0.15, 0.2) is 83.8 Å². The fourth-order valence-corrected chi connectivity index (χ4v) is 5.48. The molecule has 1 spiro atoms. The van der Waals surface area contributed by atoms with Gasteiger partial charge >= 0.3 is 0 Å². The first-order chi connectivity index (χ1) is 11.9. The fraction of sp³-hybridized carbons (Fsp3) is 0.130. The lowest BCUT2D eigenvalue weighted by atomic mass is 9.86. The standard InChI is InChI=1S/C23H18S/c1-2-24-22-21(16-10-4-3-5-11-16)23(22)19-14-8-6-12-17(19)18-13-7-9-15-20(18)23/h3-15H,2H2,1H3. The van der Waals surface area contributed by atoms with Crippen LogP contribution in [-0.2, 0) is 5.41 Å². The van der Waals surface area contributed by atoms with Crippen molar-refractivity contribution in [3.05, 3.63) is 100 Å². The smallest absolute Gasteiger partial charge is 0.0790 e. The molecule has 0 bridgehead atoms. The van der Waals surface area contributed by atoms with Crippen molar-refractivity contribution in [3.63, 3.8) is 0 Å². The fourth-order valence-electron chi connectivity index (χ4n) is 4.28. The second kappa shape index (κ2) is 5.12. The summed E-state index contributed by atoms with van der Waals surface area (Å²) >= 11 is 2.00. The zero-order chi connectivity index (χ0) is 16.1. The molecular formula is C23H18S. The molecule has 0 aromatic heterocycles. The Morgan fingerprint density at radius 3 is 1.83 bits per heavy atom. The molecule has 5 rings (SSSR count). The Morgan fingerprint density at radius 1 is 0.708 bits per heavy atom. The molecule has 0 saturated carbocycles. The zero-order valence-electron chi connectivity index (χ0n) is 13.6. The topological polar surface area (TPSA) is 0 Å². The largest absolute Gasteiger partial charge is 0.129 e. The van der Waals surface area contributed by atoms with Crippen LogP contribution in [0.4, 0.5) is 0 Å². The second-order valence-electron chi connectivity index (χ2n) is 6.34. The Balaban J connectivity index is 1.79. The van der Waals surface area contributed by atoms with Gasteiger partial charge in [-0.25, -0.2) is 0 Å². The number of benzene rings is 3. The van der Waals surface area contributed by atoms with Gasteiger partial charge in [0.25, 0.3) is 0 Å². The van der Waals surface area contributed by atoms with Gasteiger partial charge < -0.3 is 0 Å². The van der Waals surface area contributed by atoms with Gasteiger partial charge in [0, 0.05) is 4.91 Å². The van der Waals surface area contributed by atoms with E-state index in [1.165, 1.54) is 38.3 Å². The first kappa shape index (κ1) is 14.1. The van der Waals surface area contributed by atoms with E-state index in [0.717, 1.165) is 5.75 Å². The third-order valence-corrected chi connectivity index (χ3v) is 6.27. The monoisotopic (exact) mass is 326 g/mol. The first-order valence-corrected chi connectivity index (χ1v) is 9.50. The van der Waals surface area contributed by atoms with E-state index in [1.54, 1.807) is 0 Å². The predicted octanol–water partition coefficient (Wildman–Crippen LogP) is 6.13. The highest BCUT2D eigenvalue weighted by molar-refractivity contribution is 8.03. The van der Waals surface area contributed by atoms with Crippen LogP contribution in [0.2, 0.25) is 0 Å². The normalized spacial score (nSPS) is 16.2. The molecule has 0 nitrogen and oxygen atoms in total. The SMILES string of the molecule is CCSC1=C(c2ccccc2)C12c1ccccc1-c1ccccc12. The van der Waals surface area contributed by atoms with Gasteiger partial charge in [0.15, 0.2) is 0 Å².